The Balaban J connectivity index is 1.63. The van der Waals surface area contributed by atoms with Crippen LogP contribution in [0.5, 0.6) is 0 Å². The molecule has 1 aromatic heterocycles. The topological polar surface area (TPSA) is 59.8 Å². The monoisotopic (exact) mass is 394 g/mol. The van der Waals surface area contributed by atoms with E-state index in [-0.39, 0.29) is 5.91 Å². The van der Waals surface area contributed by atoms with E-state index in [4.69, 9.17) is 0 Å². The van der Waals surface area contributed by atoms with Crippen LogP contribution in [0, 0.1) is 0 Å². The van der Waals surface area contributed by atoms with Gasteiger partial charge < -0.3 is 9.88 Å². The van der Waals surface area contributed by atoms with Gasteiger partial charge in [-0.1, -0.05) is 74.1 Å². The second-order valence-corrected chi connectivity index (χ2v) is 7.56. The number of thioether (sulfide) groups is 1. The number of para-hydroxylation sites is 1. The molecule has 0 radical (unpaired) electrons. The fourth-order valence-electron chi connectivity index (χ4n) is 3.11. The van der Waals surface area contributed by atoms with Crippen LogP contribution in [0.25, 0.3) is 0 Å². The number of carbonyl (C=O) groups excluding carboxylic acids is 1. The van der Waals surface area contributed by atoms with Crippen LogP contribution in [0.2, 0.25) is 0 Å². The molecule has 0 spiro atoms. The molecule has 0 saturated carbocycles. The summed E-state index contributed by atoms with van der Waals surface area (Å²) in [5.74, 6) is 1.17. The molecule has 1 heterocycles. The third-order valence-electron chi connectivity index (χ3n) is 4.73. The zero-order valence-electron chi connectivity index (χ0n) is 16.6. The highest BCUT2D eigenvalue weighted by Gasteiger charge is 2.14. The first-order valence-corrected chi connectivity index (χ1v) is 10.6. The van der Waals surface area contributed by atoms with E-state index >= 15 is 0 Å². The van der Waals surface area contributed by atoms with Crippen LogP contribution in [-0.4, -0.2) is 26.4 Å². The number of hydrogen-bond acceptors (Lipinski definition) is 4. The van der Waals surface area contributed by atoms with Gasteiger partial charge in [0.2, 0.25) is 5.91 Å². The van der Waals surface area contributed by atoms with Crippen molar-refractivity contribution in [1.29, 1.82) is 0 Å². The minimum Gasteiger partial charge on any atom is -0.325 e. The van der Waals surface area contributed by atoms with Gasteiger partial charge in [-0.3, -0.25) is 4.79 Å². The van der Waals surface area contributed by atoms with Gasteiger partial charge >= 0.3 is 0 Å². The molecule has 0 aliphatic heterocycles. The third kappa shape index (κ3) is 4.81. The van der Waals surface area contributed by atoms with E-state index in [1.165, 1.54) is 28.5 Å². The zero-order valence-corrected chi connectivity index (χ0v) is 17.4. The molecule has 0 atom stereocenters. The molecule has 1 N–H and O–H groups in total. The Morgan fingerprint density at radius 1 is 1.00 bits per heavy atom. The largest absolute Gasteiger partial charge is 0.325 e. The molecule has 146 valence electrons. The molecule has 0 fully saturated rings. The normalized spacial score (nSPS) is 10.8. The highest BCUT2D eigenvalue weighted by atomic mass is 32.2. The van der Waals surface area contributed by atoms with E-state index in [2.05, 4.69) is 59.7 Å². The lowest BCUT2D eigenvalue weighted by atomic mass is 10.0. The molecule has 0 aliphatic rings. The average Bonchev–Trinajstić information content (AvgIpc) is 3.06. The number of nitrogens with one attached hydrogen (secondary N) is 1. The van der Waals surface area contributed by atoms with Gasteiger partial charge in [-0.15, -0.1) is 10.2 Å². The van der Waals surface area contributed by atoms with Crippen molar-refractivity contribution < 1.29 is 4.79 Å². The fraction of sp³-hybridized carbons (Fsp3) is 0.318. The molecule has 3 rings (SSSR count). The number of benzene rings is 2. The standard InChI is InChI=1S/C22H26N4OS/c1-4-17-12-9-13-18(5-2)21(17)23-20(27)15-28-22-25-24-19(26(22)3)14-16-10-7-6-8-11-16/h6-13H,4-5,14-15H2,1-3H3,(H,23,27). The summed E-state index contributed by atoms with van der Waals surface area (Å²) in [7, 11) is 1.94. The van der Waals surface area contributed by atoms with Crippen molar-refractivity contribution in [3.63, 3.8) is 0 Å². The van der Waals surface area contributed by atoms with Crippen LogP contribution in [0.1, 0.15) is 36.4 Å². The Hall–Kier alpha value is -2.60. The maximum atomic E-state index is 12.5. The van der Waals surface area contributed by atoms with Crippen molar-refractivity contribution in [2.24, 2.45) is 7.05 Å². The Labute approximate surface area is 170 Å². The summed E-state index contributed by atoms with van der Waals surface area (Å²) < 4.78 is 1.96. The summed E-state index contributed by atoms with van der Waals surface area (Å²) in [6.07, 6.45) is 2.51. The Bertz CT molecular complexity index is 915. The average molecular weight is 395 g/mol. The van der Waals surface area contributed by atoms with Crippen molar-refractivity contribution in [1.82, 2.24) is 14.8 Å². The van der Waals surface area contributed by atoms with Gasteiger partial charge in [0.15, 0.2) is 5.16 Å². The predicted molar refractivity (Wildman–Crippen MR) is 115 cm³/mol. The smallest absolute Gasteiger partial charge is 0.234 e. The van der Waals surface area contributed by atoms with E-state index in [0.717, 1.165) is 35.9 Å². The number of hydrogen-bond donors (Lipinski definition) is 1. The molecule has 0 aliphatic carbocycles. The first kappa shape index (κ1) is 20.1. The van der Waals surface area contributed by atoms with E-state index in [1.807, 2.05) is 29.8 Å². The highest BCUT2D eigenvalue weighted by Crippen LogP contribution is 2.24. The molecule has 3 aromatic rings. The lowest BCUT2D eigenvalue weighted by Crippen LogP contribution is -2.17. The predicted octanol–water partition coefficient (Wildman–Crippen LogP) is 4.26. The van der Waals surface area contributed by atoms with Gasteiger partial charge in [-0.25, -0.2) is 0 Å². The molecule has 5 nitrogen and oxygen atoms in total. The van der Waals surface area contributed by atoms with Crippen LogP contribution >= 0.6 is 11.8 Å². The number of aryl methyl sites for hydroxylation is 2. The summed E-state index contributed by atoms with van der Waals surface area (Å²) in [5.41, 5.74) is 4.49. The van der Waals surface area contributed by atoms with Crippen molar-refractivity contribution in [3.05, 3.63) is 71.0 Å². The summed E-state index contributed by atoms with van der Waals surface area (Å²) >= 11 is 1.41. The van der Waals surface area contributed by atoms with E-state index in [9.17, 15) is 4.79 Å². The van der Waals surface area contributed by atoms with Gasteiger partial charge in [0, 0.05) is 19.2 Å². The van der Waals surface area contributed by atoms with Crippen molar-refractivity contribution in [3.8, 4) is 0 Å². The summed E-state index contributed by atoms with van der Waals surface area (Å²) in [6.45, 7) is 4.21. The van der Waals surface area contributed by atoms with Crippen molar-refractivity contribution in [2.75, 3.05) is 11.1 Å². The van der Waals surface area contributed by atoms with Crippen LogP contribution in [0.4, 0.5) is 5.69 Å². The van der Waals surface area contributed by atoms with Gasteiger partial charge in [-0.2, -0.15) is 0 Å². The van der Waals surface area contributed by atoms with Crippen LogP contribution in [-0.2, 0) is 31.1 Å². The first-order chi connectivity index (χ1) is 13.6. The Morgan fingerprint density at radius 2 is 1.68 bits per heavy atom. The molecule has 1 amide bonds. The fourth-order valence-corrected chi connectivity index (χ4v) is 3.84. The lowest BCUT2D eigenvalue weighted by Gasteiger charge is -2.14. The Morgan fingerprint density at radius 3 is 2.32 bits per heavy atom. The lowest BCUT2D eigenvalue weighted by molar-refractivity contribution is -0.113. The third-order valence-corrected chi connectivity index (χ3v) is 5.75. The zero-order chi connectivity index (χ0) is 19.9. The molecule has 0 saturated heterocycles. The van der Waals surface area contributed by atoms with E-state index < -0.39 is 0 Å². The number of aromatic nitrogens is 3. The number of amides is 1. The van der Waals surface area contributed by atoms with Crippen molar-refractivity contribution >= 4 is 23.4 Å². The van der Waals surface area contributed by atoms with Gasteiger partial charge in [0.1, 0.15) is 5.82 Å². The van der Waals surface area contributed by atoms with Gasteiger partial charge in [0.25, 0.3) is 0 Å². The molecule has 0 unspecified atom stereocenters. The van der Waals surface area contributed by atoms with E-state index in [1.54, 1.807) is 0 Å². The maximum absolute atomic E-state index is 12.5. The molecule has 2 aromatic carbocycles. The maximum Gasteiger partial charge on any atom is 0.234 e. The number of rotatable bonds is 8. The number of nitrogens with zero attached hydrogens (tertiary/aromatic N) is 3. The van der Waals surface area contributed by atoms with Crippen molar-refractivity contribution in [2.45, 2.75) is 38.3 Å². The first-order valence-electron chi connectivity index (χ1n) is 9.58. The van der Waals surface area contributed by atoms with Crippen LogP contribution in [0.15, 0.2) is 53.7 Å². The minimum atomic E-state index is -0.0202. The number of anilines is 1. The highest BCUT2D eigenvalue weighted by molar-refractivity contribution is 7.99. The summed E-state index contributed by atoms with van der Waals surface area (Å²) in [5, 5.41) is 12.4. The number of carbonyl (C=O) groups is 1. The Kier molecular flexibility index (Phi) is 6.87. The van der Waals surface area contributed by atoms with Crippen LogP contribution < -0.4 is 5.32 Å². The molecule has 0 bridgehead atoms. The molecule has 28 heavy (non-hydrogen) atoms. The molecular formula is C22H26N4OS. The summed E-state index contributed by atoms with van der Waals surface area (Å²) in [6, 6.07) is 16.4. The molecule has 6 heteroatoms. The summed E-state index contributed by atoms with van der Waals surface area (Å²) in [4.78, 5) is 12.5. The van der Waals surface area contributed by atoms with E-state index in [0.29, 0.717) is 5.75 Å². The second-order valence-electron chi connectivity index (χ2n) is 6.62. The van der Waals surface area contributed by atoms with Gasteiger partial charge in [0.05, 0.1) is 5.75 Å². The van der Waals surface area contributed by atoms with Gasteiger partial charge in [-0.05, 0) is 29.5 Å². The SMILES string of the molecule is CCc1cccc(CC)c1NC(=O)CSc1nnc(Cc2ccccc2)n1C. The quantitative estimate of drug-likeness (QED) is 0.580. The molecular weight excluding hydrogens is 368 g/mol. The minimum absolute atomic E-state index is 0.0202. The van der Waals surface area contributed by atoms with Crippen LogP contribution in [0.3, 0.4) is 0 Å². The second kappa shape index (κ2) is 9.55.